The van der Waals surface area contributed by atoms with Gasteiger partial charge < -0.3 is 18.9 Å². The highest BCUT2D eigenvalue weighted by Gasteiger charge is 2.28. The second-order valence-electron chi connectivity index (χ2n) is 5.56. The van der Waals surface area contributed by atoms with E-state index >= 15 is 0 Å². The van der Waals surface area contributed by atoms with E-state index in [9.17, 15) is 9.59 Å². The summed E-state index contributed by atoms with van der Waals surface area (Å²) in [5.74, 6) is 6.35. The zero-order valence-electron chi connectivity index (χ0n) is 14.8. The summed E-state index contributed by atoms with van der Waals surface area (Å²) in [7, 11) is 3.09. The summed E-state index contributed by atoms with van der Waals surface area (Å²) >= 11 is 0. The number of fused-ring (bicyclic) bond motifs is 1. The first-order valence-electron chi connectivity index (χ1n) is 7.98. The van der Waals surface area contributed by atoms with Gasteiger partial charge in [-0.25, -0.2) is 5.84 Å². The number of hydrazine groups is 1. The molecule has 1 amide bonds. The molecule has 1 heterocycles. The van der Waals surface area contributed by atoms with Crippen molar-refractivity contribution in [1.29, 1.82) is 0 Å². The molecule has 3 N–H and O–H groups in total. The molecule has 0 aromatic heterocycles. The van der Waals surface area contributed by atoms with Crippen LogP contribution in [0.25, 0.3) is 6.08 Å². The maximum absolute atomic E-state index is 12.6. The van der Waals surface area contributed by atoms with Gasteiger partial charge in [0.25, 0.3) is 5.91 Å². The van der Waals surface area contributed by atoms with Gasteiger partial charge in [0, 0.05) is 17.7 Å². The van der Waals surface area contributed by atoms with E-state index in [2.05, 4.69) is 0 Å². The summed E-state index contributed by atoms with van der Waals surface area (Å²) in [6.07, 6.45) is 1.60. The van der Waals surface area contributed by atoms with Crippen LogP contribution in [-0.4, -0.2) is 32.5 Å². The van der Waals surface area contributed by atoms with E-state index in [1.807, 2.05) is 5.43 Å². The molecule has 1 aliphatic rings. The van der Waals surface area contributed by atoms with Gasteiger partial charge >= 0.3 is 0 Å². The molecule has 0 spiro atoms. The highest BCUT2D eigenvalue weighted by atomic mass is 16.5. The van der Waals surface area contributed by atoms with Crippen LogP contribution in [0, 0.1) is 0 Å². The fourth-order valence-electron chi connectivity index (χ4n) is 2.53. The van der Waals surface area contributed by atoms with Crippen LogP contribution in [0.1, 0.15) is 15.9 Å². The molecule has 0 unspecified atom stereocenters. The number of rotatable bonds is 6. The van der Waals surface area contributed by atoms with Crippen molar-refractivity contribution in [2.24, 2.45) is 5.84 Å². The molecule has 0 aliphatic carbocycles. The van der Waals surface area contributed by atoms with E-state index in [1.54, 1.807) is 49.6 Å². The van der Waals surface area contributed by atoms with Crippen LogP contribution in [-0.2, 0) is 4.79 Å². The highest BCUT2D eigenvalue weighted by Crippen LogP contribution is 2.36. The number of hydrogen-bond acceptors (Lipinski definition) is 7. The number of nitrogens with two attached hydrogens (primary N) is 1. The Bertz CT molecular complexity index is 922. The Morgan fingerprint density at radius 1 is 1.15 bits per heavy atom. The predicted octanol–water partition coefficient (Wildman–Crippen LogP) is 1.69. The largest absolute Gasteiger partial charge is 0.497 e. The lowest BCUT2D eigenvalue weighted by molar-refractivity contribution is -0.123. The Labute approximate surface area is 155 Å². The summed E-state index contributed by atoms with van der Waals surface area (Å²) < 4.78 is 21.5. The van der Waals surface area contributed by atoms with Crippen molar-refractivity contribution in [1.82, 2.24) is 5.43 Å². The van der Waals surface area contributed by atoms with Crippen LogP contribution in [0.5, 0.6) is 23.0 Å². The van der Waals surface area contributed by atoms with Crippen molar-refractivity contribution in [2.45, 2.75) is 0 Å². The van der Waals surface area contributed by atoms with Crippen LogP contribution in [0.4, 0.5) is 0 Å². The molecule has 1 aliphatic heterocycles. The quantitative estimate of drug-likeness (QED) is 0.345. The third kappa shape index (κ3) is 3.85. The molecule has 27 heavy (non-hydrogen) atoms. The van der Waals surface area contributed by atoms with Gasteiger partial charge in [-0.2, -0.15) is 0 Å². The fraction of sp³-hybridized carbons (Fsp3) is 0.158. The number of methoxy groups -OCH3 is 2. The molecule has 0 saturated carbocycles. The number of Topliss-reactive ketones (excluding diaryl/α,β-unsaturated/α-hetero) is 1. The molecule has 8 heteroatoms. The molecule has 0 saturated heterocycles. The Morgan fingerprint density at radius 2 is 1.93 bits per heavy atom. The van der Waals surface area contributed by atoms with Crippen molar-refractivity contribution in [2.75, 3.05) is 20.8 Å². The lowest BCUT2D eigenvalue weighted by Gasteiger charge is -2.08. The van der Waals surface area contributed by atoms with Gasteiger partial charge in [0.2, 0.25) is 5.78 Å². The number of hydrogen-bond donors (Lipinski definition) is 2. The summed E-state index contributed by atoms with van der Waals surface area (Å²) in [5, 5.41) is 0. The Hall–Kier alpha value is -3.52. The lowest BCUT2D eigenvalue weighted by atomic mass is 10.1. The average molecular weight is 370 g/mol. The molecule has 0 fully saturated rings. The second-order valence-corrected chi connectivity index (χ2v) is 5.56. The molecule has 3 rings (SSSR count). The third-order valence-electron chi connectivity index (χ3n) is 3.90. The van der Waals surface area contributed by atoms with Crippen LogP contribution in [0.2, 0.25) is 0 Å². The number of ketones is 1. The van der Waals surface area contributed by atoms with E-state index in [4.69, 9.17) is 24.8 Å². The van der Waals surface area contributed by atoms with E-state index < -0.39 is 5.91 Å². The molecule has 8 nitrogen and oxygen atoms in total. The van der Waals surface area contributed by atoms with Crippen LogP contribution in [0.3, 0.4) is 0 Å². The van der Waals surface area contributed by atoms with Crippen molar-refractivity contribution in [3.8, 4) is 23.0 Å². The Kier molecular flexibility index (Phi) is 5.28. The normalized spacial score (nSPS) is 13.7. The van der Waals surface area contributed by atoms with Crippen molar-refractivity contribution in [3.05, 3.63) is 53.3 Å². The van der Waals surface area contributed by atoms with Crippen molar-refractivity contribution < 1.29 is 28.5 Å². The molecule has 0 atom stereocenters. The predicted molar refractivity (Wildman–Crippen MR) is 96.7 cm³/mol. The number of nitrogens with one attached hydrogen (secondary N) is 1. The summed E-state index contributed by atoms with van der Waals surface area (Å²) in [6.45, 7) is -0.241. The number of carbonyl (C=O) groups excluding carboxylic acids is 2. The zero-order valence-corrected chi connectivity index (χ0v) is 14.8. The van der Waals surface area contributed by atoms with Gasteiger partial charge in [-0.3, -0.25) is 15.0 Å². The molecule has 140 valence electrons. The standard InChI is InChI=1S/C19H18N2O6/c1-24-12-4-3-11(15(8-12)25-2)7-17-19(23)14-6-5-13(9-16(14)27-17)26-10-18(22)21-20/h3-9H,10,20H2,1-2H3,(H,21,22). The topological polar surface area (TPSA) is 109 Å². The highest BCUT2D eigenvalue weighted by molar-refractivity contribution is 6.14. The monoisotopic (exact) mass is 370 g/mol. The molecule has 0 bridgehead atoms. The van der Waals surface area contributed by atoms with Crippen LogP contribution in [0.15, 0.2) is 42.2 Å². The van der Waals surface area contributed by atoms with Gasteiger partial charge in [-0.1, -0.05) is 0 Å². The summed E-state index contributed by atoms with van der Waals surface area (Å²) in [6, 6.07) is 9.96. The maximum Gasteiger partial charge on any atom is 0.271 e. The van der Waals surface area contributed by atoms with Crippen molar-refractivity contribution >= 4 is 17.8 Å². The number of amides is 1. The van der Waals surface area contributed by atoms with E-state index in [0.29, 0.717) is 34.1 Å². The summed E-state index contributed by atoms with van der Waals surface area (Å²) in [5.41, 5.74) is 3.05. The minimum atomic E-state index is -0.473. The fourth-order valence-corrected chi connectivity index (χ4v) is 2.53. The molecular weight excluding hydrogens is 352 g/mol. The van der Waals surface area contributed by atoms with E-state index in [0.717, 1.165) is 0 Å². The number of benzene rings is 2. The zero-order chi connectivity index (χ0) is 19.4. The van der Waals surface area contributed by atoms with Gasteiger partial charge in [0.1, 0.15) is 23.0 Å². The minimum Gasteiger partial charge on any atom is -0.497 e. The number of ether oxygens (including phenoxy) is 4. The van der Waals surface area contributed by atoms with Gasteiger partial charge in [-0.05, 0) is 30.3 Å². The van der Waals surface area contributed by atoms with Crippen molar-refractivity contribution in [3.63, 3.8) is 0 Å². The third-order valence-corrected chi connectivity index (χ3v) is 3.90. The maximum atomic E-state index is 12.6. The van der Waals surface area contributed by atoms with Gasteiger partial charge in [0.15, 0.2) is 12.4 Å². The first kappa shape index (κ1) is 18.3. The Morgan fingerprint density at radius 3 is 2.63 bits per heavy atom. The molecule has 2 aromatic rings. The molecule has 2 aromatic carbocycles. The molecular formula is C19H18N2O6. The van der Waals surface area contributed by atoms with Crippen LogP contribution >= 0.6 is 0 Å². The second kappa shape index (κ2) is 7.79. The first-order chi connectivity index (χ1) is 13.0. The van der Waals surface area contributed by atoms with Crippen LogP contribution < -0.4 is 30.2 Å². The van der Waals surface area contributed by atoms with E-state index in [-0.39, 0.29) is 18.1 Å². The number of carbonyl (C=O) groups is 2. The Balaban J connectivity index is 1.84. The smallest absolute Gasteiger partial charge is 0.271 e. The van der Waals surface area contributed by atoms with Gasteiger partial charge in [-0.15, -0.1) is 0 Å². The minimum absolute atomic E-state index is 0.158. The van der Waals surface area contributed by atoms with E-state index in [1.165, 1.54) is 7.11 Å². The number of allylic oxidation sites excluding steroid dienone is 1. The lowest BCUT2D eigenvalue weighted by Crippen LogP contribution is -2.34. The summed E-state index contributed by atoms with van der Waals surface area (Å²) in [4.78, 5) is 23.7. The SMILES string of the molecule is COc1ccc(C=C2Oc3cc(OCC(=O)NN)ccc3C2=O)c(OC)c1. The first-order valence-corrected chi connectivity index (χ1v) is 7.98. The average Bonchev–Trinajstić information content (AvgIpc) is 3.01. The van der Waals surface area contributed by atoms with Gasteiger partial charge in [0.05, 0.1) is 19.8 Å². The molecule has 0 radical (unpaired) electrons.